The first-order chi connectivity index (χ1) is 10.3. The largest absolute Gasteiger partial charge is 0.493 e. The maximum atomic E-state index is 10.6. The monoisotopic (exact) mass is 284 g/mol. The molecule has 112 valence electrons. The number of aliphatic hydroxyl groups excluding tert-OH is 1. The van der Waals surface area contributed by atoms with Crippen molar-refractivity contribution in [3.63, 3.8) is 0 Å². The first-order valence-corrected chi connectivity index (χ1v) is 8.74. The maximum Gasteiger partial charge on any atom is 0.122 e. The van der Waals surface area contributed by atoms with Crippen LogP contribution in [0.2, 0.25) is 0 Å². The van der Waals surface area contributed by atoms with Gasteiger partial charge in [-0.1, -0.05) is 12.1 Å². The molecule has 2 bridgehead atoms. The average Bonchev–Trinajstić information content (AvgIpc) is 2.87. The van der Waals surface area contributed by atoms with Crippen molar-refractivity contribution in [1.82, 2.24) is 0 Å². The first-order valence-electron chi connectivity index (χ1n) is 8.74. The molecule has 2 heteroatoms. The van der Waals surface area contributed by atoms with Gasteiger partial charge in [0.15, 0.2) is 0 Å². The zero-order chi connectivity index (χ0) is 14.0. The molecule has 1 aromatic carbocycles. The molecule has 1 N–H and O–H groups in total. The van der Waals surface area contributed by atoms with Crippen LogP contribution in [0.4, 0.5) is 0 Å². The van der Waals surface area contributed by atoms with Crippen molar-refractivity contribution in [2.24, 2.45) is 29.6 Å². The summed E-state index contributed by atoms with van der Waals surface area (Å²) >= 11 is 0. The molecule has 4 aliphatic rings. The van der Waals surface area contributed by atoms with Gasteiger partial charge in [0.1, 0.15) is 5.75 Å². The van der Waals surface area contributed by atoms with Gasteiger partial charge in [-0.05, 0) is 78.9 Å². The zero-order valence-electron chi connectivity index (χ0n) is 12.5. The minimum absolute atomic E-state index is 0.0621. The minimum atomic E-state index is -0.0621. The molecule has 0 aromatic heterocycles. The maximum absolute atomic E-state index is 10.6. The van der Waals surface area contributed by atoms with Crippen LogP contribution in [0, 0.1) is 29.6 Å². The van der Waals surface area contributed by atoms with E-state index in [-0.39, 0.29) is 6.10 Å². The summed E-state index contributed by atoms with van der Waals surface area (Å²) in [6, 6.07) is 6.57. The van der Waals surface area contributed by atoms with Crippen molar-refractivity contribution in [3.05, 3.63) is 29.3 Å². The molecule has 0 saturated heterocycles. The lowest BCUT2D eigenvalue weighted by Crippen LogP contribution is -2.16. The quantitative estimate of drug-likeness (QED) is 0.920. The molecule has 1 heterocycles. The standard InChI is InChI=1S/C19H24O2/c20-15(19-17-13-3-4-14(10-13)18(17)19)5-1-11-2-6-16-12(9-11)7-8-21-16/h2,6,9,13-15,17-20H,1,3-5,7-8,10H2. The van der Waals surface area contributed by atoms with E-state index in [4.69, 9.17) is 4.74 Å². The van der Waals surface area contributed by atoms with Crippen LogP contribution in [0.5, 0.6) is 5.75 Å². The molecule has 1 aromatic rings. The van der Waals surface area contributed by atoms with Crippen LogP contribution in [0.1, 0.15) is 36.8 Å². The van der Waals surface area contributed by atoms with Gasteiger partial charge in [0.25, 0.3) is 0 Å². The summed E-state index contributed by atoms with van der Waals surface area (Å²) in [4.78, 5) is 0. The minimum Gasteiger partial charge on any atom is -0.493 e. The average molecular weight is 284 g/mol. The van der Waals surface area contributed by atoms with Crippen molar-refractivity contribution < 1.29 is 9.84 Å². The van der Waals surface area contributed by atoms with E-state index in [1.807, 2.05) is 0 Å². The van der Waals surface area contributed by atoms with Crippen LogP contribution in [-0.4, -0.2) is 17.8 Å². The molecule has 1 aliphatic heterocycles. The summed E-state index contributed by atoms with van der Waals surface area (Å²) in [5.41, 5.74) is 2.72. The molecule has 5 rings (SSSR count). The van der Waals surface area contributed by atoms with Crippen LogP contribution in [-0.2, 0) is 12.8 Å². The van der Waals surface area contributed by atoms with Gasteiger partial charge in [-0.2, -0.15) is 0 Å². The second-order valence-corrected chi connectivity index (χ2v) is 7.71. The highest BCUT2D eigenvalue weighted by Gasteiger charge is 2.66. The lowest BCUT2D eigenvalue weighted by Gasteiger charge is -2.15. The topological polar surface area (TPSA) is 29.5 Å². The van der Waals surface area contributed by atoms with E-state index < -0.39 is 0 Å². The van der Waals surface area contributed by atoms with E-state index in [2.05, 4.69) is 18.2 Å². The molecule has 3 saturated carbocycles. The molecule has 0 amide bonds. The van der Waals surface area contributed by atoms with Crippen molar-refractivity contribution >= 4 is 0 Å². The van der Waals surface area contributed by atoms with E-state index in [1.165, 1.54) is 30.4 Å². The number of hydrogen-bond acceptors (Lipinski definition) is 2. The summed E-state index contributed by atoms with van der Waals surface area (Å²) in [5.74, 6) is 5.44. The summed E-state index contributed by atoms with van der Waals surface area (Å²) in [7, 11) is 0. The molecule has 3 aliphatic carbocycles. The van der Waals surface area contributed by atoms with Gasteiger partial charge in [0, 0.05) is 6.42 Å². The molecule has 5 atom stereocenters. The summed E-state index contributed by atoms with van der Waals surface area (Å²) in [6.45, 7) is 0.829. The number of aryl methyl sites for hydroxylation is 1. The van der Waals surface area contributed by atoms with Crippen LogP contribution in [0.15, 0.2) is 18.2 Å². The molecule has 2 nitrogen and oxygen atoms in total. The number of ether oxygens (including phenoxy) is 1. The molecule has 0 radical (unpaired) electrons. The van der Waals surface area contributed by atoms with Gasteiger partial charge in [-0.15, -0.1) is 0 Å². The highest BCUT2D eigenvalue weighted by atomic mass is 16.5. The Labute approximate surface area is 126 Å². The van der Waals surface area contributed by atoms with E-state index in [9.17, 15) is 5.11 Å². The lowest BCUT2D eigenvalue weighted by molar-refractivity contribution is 0.120. The predicted octanol–water partition coefficient (Wildman–Crippen LogP) is 3.21. The second-order valence-electron chi connectivity index (χ2n) is 7.71. The predicted molar refractivity (Wildman–Crippen MR) is 81.3 cm³/mol. The zero-order valence-corrected chi connectivity index (χ0v) is 12.5. The Kier molecular flexibility index (Phi) is 2.67. The smallest absolute Gasteiger partial charge is 0.122 e. The lowest BCUT2D eigenvalue weighted by atomic mass is 9.95. The number of fused-ring (bicyclic) bond motifs is 6. The Hall–Kier alpha value is -1.02. The molecule has 21 heavy (non-hydrogen) atoms. The number of aliphatic hydroxyl groups is 1. The summed E-state index contributed by atoms with van der Waals surface area (Å²) in [6.07, 6.45) is 7.30. The molecular weight excluding hydrogens is 260 g/mol. The van der Waals surface area contributed by atoms with Gasteiger partial charge < -0.3 is 9.84 Å². The third-order valence-electron chi connectivity index (χ3n) is 6.72. The number of rotatable bonds is 4. The third kappa shape index (κ3) is 1.88. The van der Waals surface area contributed by atoms with Crippen molar-refractivity contribution in [2.75, 3.05) is 6.61 Å². The van der Waals surface area contributed by atoms with Crippen molar-refractivity contribution in [2.45, 2.75) is 44.6 Å². The number of hydrogen-bond donors (Lipinski definition) is 1. The van der Waals surface area contributed by atoms with E-state index in [0.29, 0.717) is 5.92 Å². The van der Waals surface area contributed by atoms with Crippen LogP contribution >= 0.6 is 0 Å². The molecular formula is C19H24O2. The van der Waals surface area contributed by atoms with E-state index >= 15 is 0 Å². The Morgan fingerprint density at radius 3 is 2.81 bits per heavy atom. The van der Waals surface area contributed by atoms with Gasteiger partial charge >= 0.3 is 0 Å². The highest BCUT2D eigenvalue weighted by molar-refractivity contribution is 5.39. The van der Waals surface area contributed by atoms with Crippen LogP contribution in [0.25, 0.3) is 0 Å². The number of benzene rings is 1. The Balaban J connectivity index is 1.21. The molecule has 0 spiro atoms. The molecule has 3 fully saturated rings. The summed E-state index contributed by atoms with van der Waals surface area (Å²) in [5, 5.41) is 10.6. The third-order valence-corrected chi connectivity index (χ3v) is 6.72. The van der Waals surface area contributed by atoms with Gasteiger partial charge in [0.05, 0.1) is 12.7 Å². The Bertz CT molecular complexity index is 551. The van der Waals surface area contributed by atoms with E-state index in [0.717, 1.165) is 55.3 Å². The SMILES string of the molecule is OC(CCc1ccc2c(c1)CCO2)C1C2C3CCC(C3)C12. The van der Waals surface area contributed by atoms with Crippen LogP contribution < -0.4 is 4.74 Å². The van der Waals surface area contributed by atoms with Crippen molar-refractivity contribution in [1.29, 1.82) is 0 Å². The Morgan fingerprint density at radius 1 is 1.19 bits per heavy atom. The fourth-order valence-corrected chi connectivity index (χ4v) is 5.81. The van der Waals surface area contributed by atoms with E-state index in [1.54, 1.807) is 0 Å². The van der Waals surface area contributed by atoms with Crippen LogP contribution in [0.3, 0.4) is 0 Å². The fourth-order valence-electron chi connectivity index (χ4n) is 5.81. The summed E-state index contributed by atoms with van der Waals surface area (Å²) < 4.78 is 5.56. The van der Waals surface area contributed by atoms with Gasteiger partial charge in [-0.3, -0.25) is 0 Å². The normalized spacial score (nSPS) is 39.8. The van der Waals surface area contributed by atoms with Crippen molar-refractivity contribution in [3.8, 4) is 5.75 Å². The Morgan fingerprint density at radius 2 is 2.00 bits per heavy atom. The fraction of sp³-hybridized carbons (Fsp3) is 0.684. The second kappa shape index (κ2) is 4.49. The highest BCUT2D eigenvalue weighted by Crippen LogP contribution is 2.70. The van der Waals surface area contributed by atoms with Gasteiger partial charge in [-0.25, -0.2) is 0 Å². The van der Waals surface area contributed by atoms with Gasteiger partial charge in [0.2, 0.25) is 0 Å². The molecule has 5 unspecified atom stereocenters. The first kappa shape index (κ1) is 12.5.